The van der Waals surface area contributed by atoms with Crippen molar-refractivity contribution < 1.29 is 9.53 Å². The van der Waals surface area contributed by atoms with Crippen molar-refractivity contribution in [2.45, 2.75) is 37.2 Å². The summed E-state index contributed by atoms with van der Waals surface area (Å²) in [5.74, 6) is 1.67. The van der Waals surface area contributed by atoms with Crippen molar-refractivity contribution in [2.75, 3.05) is 18.9 Å². The molecule has 3 atom stereocenters. The molecule has 2 saturated heterocycles. The number of ether oxygens (including phenoxy) is 1. The van der Waals surface area contributed by atoms with E-state index in [4.69, 9.17) is 10.00 Å². The maximum atomic E-state index is 12.6. The highest BCUT2D eigenvalue weighted by Gasteiger charge is 2.37. The quantitative estimate of drug-likeness (QED) is 0.886. The van der Waals surface area contributed by atoms with E-state index in [0.29, 0.717) is 13.2 Å². The number of carbonyl (C=O) groups is 1. The molecule has 1 amide bonds. The van der Waals surface area contributed by atoms with Crippen molar-refractivity contribution in [3.8, 4) is 11.8 Å². The van der Waals surface area contributed by atoms with Crippen LogP contribution in [0.1, 0.15) is 30.7 Å². The molecule has 1 unspecified atom stereocenters. The van der Waals surface area contributed by atoms with Crippen LogP contribution in [0.15, 0.2) is 24.3 Å². The van der Waals surface area contributed by atoms with Crippen molar-refractivity contribution in [2.24, 2.45) is 0 Å². The van der Waals surface area contributed by atoms with Gasteiger partial charge < -0.3 is 9.64 Å². The highest BCUT2D eigenvalue weighted by Crippen LogP contribution is 2.34. The Hall–Kier alpha value is -1.42. The highest BCUT2D eigenvalue weighted by molar-refractivity contribution is 7.99. The third-order valence-corrected chi connectivity index (χ3v) is 5.53. The summed E-state index contributed by atoms with van der Waals surface area (Å²) in [5, 5.41) is 12.7. The predicted octanol–water partition coefficient (Wildman–Crippen LogP) is 2.73. The van der Waals surface area contributed by atoms with Gasteiger partial charge >= 0.3 is 0 Å². The van der Waals surface area contributed by atoms with Crippen molar-refractivity contribution in [3.05, 3.63) is 29.8 Å². The van der Waals surface area contributed by atoms with Crippen LogP contribution in [0.5, 0.6) is 5.75 Å². The fraction of sp³-hybridized carbons (Fsp3) is 0.529. The second kappa shape index (κ2) is 8.61. The number of hydrogen-bond donors (Lipinski definition) is 1. The summed E-state index contributed by atoms with van der Waals surface area (Å²) in [5.41, 5.74) is 1.15. The maximum absolute atomic E-state index is 12.6. The van der Waals surface area contributed by atoms with Crippen LogP contribution in [0.4, 0.5) is 0 Å². The van der Waals surface area contributed by atoms with Crippen molar-refractivity contribution in [1.29, 1.82) is 5.26 Å². The average Bonchev–Trinajstić information content (AvgIpc) is 3.24. The number of likely N-dealkylation sites (tertiary alicyclic amines) is 1. The molecule has 2 heterocycles. The summed E-state index contributed by atoms with van der Waals surface area (Å²) >= 11 is 1.74. The van der Waals surface area contributed by atoms with Gasteiger partial charge in [0, 0.05) is 12.3 Å². The maximum Gasteiger partial charge on any atom is 0.241 e. The number of carbonyl (C=O) groups excluding carboxylic acids is 1. The lowest BCUT2D eigenvalue weighted by molar-refractivity contribution is -0.132. The summed E-state index contributed by atoms with van der Waals surface area (Å²) < 4.78 is 5.46. The Balaban J connectivity index is 0.00000208. The van der Waals surface area contributed by atoms with Crippen LogP contribution in [0.3, 0.4) is 0 Å². The lowest BCUT2D eigenvalue weighted by atomic mass is 10.2. The second-order valence-corrected chi connectivity index (χ2v) is 6.89. The Labute approximate surface area is 153 Å². The zero-order valence-electron chi connectivity index (χ0n) is 13.6. The first kappa shape index (κ1) is 18.9. The zero-order chi connectivity index (χ0) is 16.2. The molecular weight excluding hydrogens is 346 g/mol. The number of halogens is 1. The molecule has 0 aliphatic carbocycles. The molecule has 130 valence electrons. The van der Waals surface area contributed by atoms with Crippen molar-refractivity contribution in [1.82, 2.24) is 10.2 Å². The van der Waals surface area contributed by atoms with Gasteiger partial charge in [-0.3, -0.25) is 10.1 Å². The zero-order valence-corrected chi connectivity index (χ0v) is 15.2. The van der Waals surface area contributed by atoms with Gasteiger partial charge in [-0.2, -0.15) is 5.26 Å². The smallest absolute Gasteiger partial charge is 0.241 e. The van der Waals surface area contributed by atoms with Gasteiger partial charge in [-0.25, -0.2) is 0 Å². The number of nitrogens with one attached hydrogen (secondary N) is 1. The van der Waals surface area contributed by atoms with Gasteiger partial charge in [-0.1, -0.05) is 12.1 Å². The van der Waals surface area contributed by atoms with E-state index in [1.54, 1.807) is 16.7 Å². The minimum absolute atomic E-state index is 0. The van der Waals surface area contributed by atoms with Gasteiger partial charge in [0.25, 0.3) is 0 Å². The van der Waals surface area contributed by atoms with Crippen LogP contribution < -0.4 is 10.1 Å². The van der Waals surface area contributed by atoms with Gasteiger partial charge in [0.05, 0.1) is 24.1 Å². The number of rotatable bonds is 4. The first-order chi connectivity index (χ1) is 11.2. The number of amides is 1. The van der Waals surface area contributed by atoms with Crippen LogP contribution in [0, 0.1) is 11.3 Å². The van der Waals surface area contributed by atoms with Crippen LogP contribution in [-0.2, 0) is 4.79 Å². The highest BCUT2D eigenvalue weighted by atomic mass is 35.5. The van der Waals surface area contributed by atoms with E-state index < -0.39 is 0 Å². The number of nitrogens with zero attached hydrogens (tertiary/aromatic N) is 2. The molecule has 2 fully saturated rings. The molecule has 3 rings (SSSR count). The SMILES string of the molecule is CCOc1ccc(C2N[C@H](C(=O)N3CCC[C@H]3C#N)CS2)cc1.Cl. The molecule has 0 radical (unpaired) electrons. The fourth-order valence-corrected chi connectivity index (χ4v) is 4.31. The normalized spacial score (nSPS) is 25.8. The molecule has 5 nitrogen and oxygen atoms in total. The van der Waals surface area contributed by atoms with E-state index in [-0.39, 0.29) is 35.8 Å². The summed E-state index contributed by atoms with van der Waals surface area (Å²) in [6.45, 7) is 3.32. The molecule has 2 aliphatic heterocycles. The fourth-order valence-electron chi connectivity index (χ4n) is 3.08. The Morgan fingerprint density at radius 2 is 2.21 bits per heavy atom. The largest absolute Gasteiger partial charge is 0.494 e. The summed E-state index contributed by atoms with van der Waals surface area (Å²) in [6, 6.07) is 9.78. The molecule has 7 heteroatoms. The van der Waals surface area contributed by atoms with E-state index in [1.807, 2.05) is 31.2 Å². The summed E-state index contributed by atoms with van der Waals surface area (Å²) in [6.07, 6.45) is 1.72. The molecule has 0 aromatic heterocycles. The molecule has 0 bridgehead atoms. The first-order valence-corrected chi connectivity index (χ1v) is 9.08. The lowest BCUT2D eigenvalue weighted by Crippen LogP contribution is -2.46. The van der Waals surface area contributed by atoms with E-state index in [1.165, 1.54) is 0 Å². The predicted molar refractivity (Wildman–Crippen MR) is 97.3 cm³/mol. The Kier molecular flexibility index (Phi) is 6.79. The third kappa shape index (κ3) is 3.97. The van der Waals surface area contributed by atoms with Crippen LogP contribution >= 0.6 is 24.2 Å². The van der Waals surface area contributed by atoms with E-state index in [9.17, 15) is 4.79 Å². The van der Waals surface area contributed by atoms with Gasteiger partial charge in [-0.15, -0.1) is 24.2 Å². The van der Waals surface area contributed by atoms with Crippen molar-refractivity contribution >= 4 is 30.1 Å². The molecule has 1 N–H and O–H groups in total. The molecule has 0 spiro atoms. The molecule has 1 aromatic rings. The molecular formula is C17H22ClN3O2S. The Bertz CT molecular complexity index is 605. The van der Waals surface area contributed by atoms with E-state index in [0.717, 1.165) is 29.9 Å². The standard InChI is InChI=1S/C17H21N3O2S.ClH/c1-2-22-14-7-5-12(6-8-14)16-19-15(11-23-16)17(21)20-9-3-4-13(20)10-18;/h5-8,13,15-16,19H,2-4,9,11H2,1H3;1H/t13-,15-,16?;/m0./s1. The molecule has 2 aliphatic rings. The summed E-state index contributed by atoms with van der Waals surface area (Å²) in [4.78, 5) is 14.3. The number of thioether (sulfide) groups is 1. The number of nitriles is 1. The van der Waals surface area contributed by atoms with Gasteiger partial charge in [0.1, 0.15) is 11.8 Å². The molecule has 1 aromatic carbocycles. The third-order valence-electron chi connectivity index (χ3n) is 4.26. The first-order valence-electron chi connectivity index (χ1n) is 8.03. The van der Waals surface area contributed by atoms with Crippen LogP contribution in [-0.4, -0.2) is 41.8 Å². The van der Waals surface area contributed by atoms with Crippen molar-refractivity contribution in [3.63, 3.8) is 0 Å². The average molecular weight is 368 g/mol. The molecule has 24 heavy (non-hydrogen) atoms. The second-order valence-electron chi connectivity index (χ2n) is 5.75. The monoisotopic (exact) mass is 367 g/mol. The lowest BCUT2D eigenvalue weighted by Gasteiger charge is -2.23. The topological polar surface area (TPSA) is 65.4 Å². The number of hydrogen-bond acceptors (Lipinski definition) is 5. The van der Waals surface area contributed by atoms with Gasteiger partial charge in [0.2, 0.25) is 5.91 Å². The molecule has 0 saturated carbocycles. The van der Waals surface area contributed by atoms with Gasteiger partial charge in [-0.05, 0) is 37.5 Å². The van der Waals surface area contributed by atoms with Gasteiger partial charge in [0.15, 0.2) is 0 Å². The van der Waals surface area contributed by atoms with E-state index in [2.05, 4.69) is 11.4 Å². The Morgan fingerprint density at radius 1 is 1.46 bits per heavy atom. The minimum Gasteiger partial charge on any atom is -0.494 e. The van der Waals surface area contributed by atoms with E-state index >= 15 is 0 Å². The van der Waals surface area contributed by atoms with Crippen LogP contribution in [0.2, 0.25) is 0 Å². The minimum atomic E-state index is -0.251. The van der Waals surface area contributed by atoms with Crippen LogP contribution in [0.25, 0.3) is 0 Å². The summed E-state index contributed by atoms with van der Waals surface area (Å²) in [7, 11) is 0. The Morgan fingerprint density at radius 3 is 2.88 bits per heavy atom. The number of benzene rings is 1.